The lowest BCUT2D eigenvalue weighted by molar-refractivity contribution is -0.384. The van der Waals surface area contributed by atoms with Crippen molar-refractivity contribution in [1.29, 1.82) is 0 Å². The normalized spacial score (nSPS) is 16.2. The average Bonchev–Trinajstić information content (AvgIpc) is 2.75. The Balaban J connectivity index is 0.00000480. The van der Waals surface area contributed by atoms with E-state index in [9.17, 15) is 14.9 Å². The largest absolute Gasteiger partial charge is 0.376 e. The molecule has 0 aliphatic carbocycles. The molecule has 1 amide bonds. The zero-order valence-electron chi connectivity index (χ0n) is 18.6. The fraction of sp³-hybridized carbons (Fsp3) is 0.619. The molecule has 0 spiro atoms. The van der Waals surface area contributed by atoms with Gasteiger partial charge in [-0.3, -0.25) is 14.9 Å². The second kappa shape index (κ2) is 14.2. The van der Waals surface area contributed by atoms with Crippen LogP contribution in [0.25, 0.3) is 0 Å². The topological polar surface area (TPSA) is 100 Å². The number of likely N-dealkylation sites (N-methyl/N-ethyl adjacent to an activating group) is 2. The zero-order valence-corrected chi connectivity index (χ0v) is 20.9. The molecule has 1 saturated heterocycles. The minimum absolute atomic E-state index is 0. The number of carbonyl (C=O) groups is 1. The summed E-state index contributed by atoms with van der Waals surface area (Å²) in [6.07, 6.45) is 3.38. The lowest BCUT2D eigenvalue weighted by Gasteiger charge is -2.28. The minimum atomic E-state index is -0.420. The van der Waals surface area contributed by atoms with Gasteiger partial charge in [0.25, 0.3) is 5.69 Å². The molecular weight excluding hydrogens is 513 g/mol. The molecule has 1 atom stereocenters. The van der Waals surface area contributed by atoms with E-state index in [1.807, 2.05) is 25.8 Å². The Morgan fingerprint density at radius 3 is 2.48 bits per heavy atom. The summed E-state index contributed by atoms with van der Waals surface area (Å²) in [6, 6.07) is 6.35. The first-order chi connectivity index (χ1) is 14.4. The van der Waals surface area contributed by atoms with Gasteiger partial charge >= 0.3 is 0 Å². The first-order valence-electron chi connectivity index (χ1n) is 10.6. The number of ether oxygens (including phenoxy) is 1. The number of guanidine groups is 1. The van der Waals surface area contributed by atoms with Crippen molar-refractivity contribution in [3.8, 4) is 0 Å². The third-order valence-corrected chi connectivity index (χ3v) is 5.17. The van der Waals surface area contributed by atoms with E-state index in [2.05, 4.69) is 10.3 Å². The molecule has 1 aliphatic rings. The maximum Gasteiger partial charge on any atom is 0.269 e. The number of aliphatic imine (C=N–C) groups is 1. The van der Waals surface area contributed by atoms with E-state index in [1.54, 1.807) is 17.0 Å². The second-order valence-corrected chi connectivity index (χ2v) is 7.35. The second-order valence-electron chi connectivity index (χ2n) is 7.35. The van der Waals surface area contributed by atoms with E-state index < -0.39 is 4.92 Å². The lowest BCUT2D eigenvalue weighted by atomic mass is 10.1. The van der Waals surface area contributed by atoms with Crippen LogP contribution < -0.4 is 5.32 Å². The Morgan fingerprint density at radius 2 is 1.94 bits per heavy atom. The van der Waals surface area contributed by atoms with Gasteiger partial charge in [0.2, 0.25) is 5.91 Å². The number of halogens is 1. The van der Waals surface area contributed by atoms with E-state index in [0.717, 1.165) is 31.4 Å². The Kier molecular flexibility index (Phi) is 12.4. The molecule has 1 heterocycles. The van der Waals surface area contributed by atoms with Crippen LogP contribution in [0.15, 0.2) is 29.3 Å². The van der Waals surface area contributed by atoms with E-state index in [1.165, 1.54) is 12.1 Å². The molecule has 174 valence electrons. The standard InChI is InChI=1S/C21H33N5O4.HI/c1-4-25(5-2)20(27)16-24(3)21(23-15-19-8-6-7-13-30-19)22-14-17-9-11-18(12-10-17)26(28)29;/h9-12,19H,4-8,13-16H2,1-3H3,(H,22,23);1H. The molecule has 0 aromatic heterocycles. The average molecular weight is 547 g/mol. The first-order valence-corrected chi connectivity index (χ1v) is 10.6. The first kappa shape index (κ1) is 27.1. The summed E-state index contributed by atoms with van der Waals surface area (Å²) in [5.74, 6) is 0.657. The van der Waals surface area contributed by atoms with Crippen molar-refractivity contribution < 1.29 is 14.5 Å². The Hall–Kier alpha value is -1.95. The number of hydrogen-bond acceptors (Lipinski definition) is 5. The molecule has 1 aromatic carbocycles. The Morgan fingerprint density at radius 1 is 1.26 bits per heavy atom. The predicted molar refractivity (Wildman–Crippen MR) is 132 cm³/mol. The van der Waals surface area contributed by atoms with E-state index in [0.29, 0.717) is 32.1 Å². The number of amides is 1. The van der Waals surface area contributed by atoms with Gasteiger partial charge in [-0.05, 0) is 38.7 Å². The van der Waals surface area contributed by atoms with Gasteiger partial charge in [0.15, 0.2) is 5.96 Å². The molecule has 9 nitrogen and oxygen atoms in total. The summed E-state index contributed by atoms with van der Waals surface area (Å²) in [7, 11) is 1.84. The van der Waals surface area contributed by atoms with Crippen molar-refractivity contribution in [3.05, 3.63) is 39.9 Å². The lowest BCUT2D eigenvalue weighted by Crippen LogP contribution is -2.47. The van der Waals surface area contributed by atoms with Crippen LogP contribution in [0.5, 0.6) is 0 Å². The predicted octanol–water partition coefficient (Wildman–Crippen LogP) is 3.03. The van der Waals surface area contributed by atoms with Crippen LogP contribution in [0.1, 0.15) is 38.7 Å². The minimum Gasteiger partial charge on any atom is -0.376 e. The highest BCUT2D eigenvalue weighted by atomic mass is 127. The van der Waals surface area contributed by atoms with Crippen molar-refractivity contribution in [3.63, 3.8) is 0 Å². The van der Waals surface area contributed by atoms with Gasteiger partial charge in [0.1, 0.15) is 0 Å². The summed E-state index contributed by atoms with van der Waals surface area (Å²) in [4.78, 5) is 31.2. The van der Waals surface area contributed by atoms with Crippen LogP contribution in [-0.4, -0.2) is 72.5 Å². The van der Waals surface area contributed by atoms with Crippen LogP contribution in [0.4, 0.5) is 5.69 Å². The SMILES string of the molecule is CCN(CC)C(=O)CN(C)C(=NCc1ccc([N+](=O)[O-])cc1)NCC1CCCCO1.I. The molecule has 1 aliphatic heterocycles. The summed E-state index contributed by atoms with van der Waals surface area (Å²) in [5, 5.41) is 14.2. The summed E-state index contributed by atoms with van der Waals surface area (Å²) < 4.78 is 5.79. The van der Waals surface area contributed by atoms with Gasteiger partial charge in [0, 0.05) is 45.4 Å². The Bertz CT molecular complexity index is 719. The van der Waals surface area contributed by atoms with Crippen LogP contribution in [0.2, 0.25) is 0 Å². The number of nitrogens with one attached hydrogen (secondary N) is 1. The maximum atomic E-state index is 12.5. The zero-order chi connectivity index (χ0) is 21.9. The van der Waals surface area contributed by atoms with Crippen LogP contribution in [0.3, 0.4) is 0 Å². The van der Waals surface area contributed by atoms with Gasteiger partial charge in [-0.25, -0.2) is 4.99 Å². The molecule has 1 unspecified atom stereocenters. The molecule has 1 fully saturated rings. The number of non-ortho nitro benzene ring substituents is 1. The molecule has 0 bridgehead atoms. The fourth-order valence-electron chi connectivity index (χ4n) is 3.33. The van der Waals surface area contributed by atoms with Gasteiger partial charge < -0.3 is 19.9 Å². The number of rotatable bonds is 9. The number of benzene rings is 1. The molecule has 0 saturated carbocycles. The van der Waals surface area contributed by atoms with Crippen molar-refractivity contribution in [2.24, 2.45) is 4.99 Å². The molecule has 2 rings (SSSR count). The molecule has 0 radical (unpaired) electrons. The third-order valence-electron chi connectivity index (χ3n) is 5.17. The molecule has 1 aromatic rings. The van der Waals surface area contributed by atoms with Gasteiger partial charge in [0.05, 0.1) is 24.1 Å². The smallest absolute Gasteiger partial charge is 0.269 e. The molecule has 10 heteroatoms. The number of nitro benzene ring substituents is 1. The van der Waals surface area contributed by atoms with Gasteiger partial charge in [-0.15, -0.1) is 24.0 Å². The number of nitrogens with zero attached hydrogens (tertiary/aromatic N) is 4. The van der Waals surface area contributed by atoms with E-state index in [4.69, 9.17) is 4.74 Å². The van der Waals surface area contributed by atoms with Crippen LogP contribution >= 0.6 is 24.0 Å². The van der Waals surface area contributed by atoms with Gasteiger partial charge in [-0.1, -0.05) is 12.1 Å². The van der Waals surface area contributed by atoms with Crippen molar-refractivity contribution in [2.45, 2.75) is 45.8 Å². The summed E-state index contributed by atoms with van der Waals surface area (Å²) >= 11 is 0. The van der Waals surface area contributed by atoms with E-state index >= 15 is 0 Å². The highest BCUT2D eigenvalue weighted by Crippen LogP contribution is 2.13. The maximum absolute atomic E-state index is 12.5. The van der Waals surface area contributed by atoms with E-state index in [-0.39, 0.29) is 48.2 Å². The van der Waals surface area contributed by atoms with Crippen LogP contribution in [0, 0.1) is 10.1 Å². The van der Waals surface area contributed by atoms with Crippen LogP contribution in [-0.2, 0) is 16.1 Å². The van der Waals surface area contributed by atoms with Crippen molar-refractivity contribution in [1.82, 2.24) is 15.1 Å². The molecule has 1 N–H and O–H groups in total. The number of nitro groups is 1. The van der Waals surface area contributed by atoms with Crippen molar-refractivity contribution >= 4 is 41.5 Å². The molecular formula is C21H34IN5O4. The molecule has 31 heavy (non-hydrogen) atoms. The monoisotopic (exact) mass is 547 g/mol. The summed E-state index contributed by atoms with van der Waals surface area (Å²) in [5.41, 5.74) is 0.912. The third kappa shape index (κ3) is 8.98. The Labute approximate surface area is 201 Å². The number of carbonyl (C=O) groups excluding carboxylic acids is 1. The number of hydrogen-bond donors (Lipinski definition) is 1. The van der Waals surface area contributed by atoms with Crippen molar-refractivity contribution in [2.75, 3.05) is 39.8 Å². The quantitative estimate of drug-likeness (QED) is 0.168. The summed E-state index contributed by atoms with van der Waals surface area (Å²) in [6.45, 7) is 7.24. The highest BCUT2D eigenvalue weighted by molar-refractivity contribution is 14.0. The van der Waals surface area contributed by atoms with Gasteiger partial charge in [-0.2, -0.15) is 0 Å². The fourth-order valence-corrected chi connectivity index (χ4v) is 3.33. The highest BCUT2D eigenvalue weighted by Gasteiger charge is 2.18.